The fourth-order valence-electron chi connectivity index (χ4n) is 3.92. The van der Waals surface area contributed by atoms with E-state index in [-0.39, 0.29) is 29.1 Å². The van der Waals surface area contributed by atoms with Gasteiger partial charge in [-0.3, -0.25) is 13.9 Å². The normalized spacial score (nSPS) is 12.8. The molecule has 0 heterocycles. The Balaban J connectivity index is 1.96. The Bertz CT molecular complexity index is 1320. The zero-order valence-electron chi connectivity index (χ0n) is 21.9. The third kappa shape index (κ3) is 7.58. The molecule has 0 spiro atoms. The molecule has 0 aliphatic carbocycles. The second-order valence-electron chi connectivity index (χ2n) is 9.12. The predicted octanol–water partition coefficient (Wildman–Crippen LogP) is 4.91. The van der Waals surface area contributed by atoms with Crippen LogP contribution in [0.4, 0.5) is 5.69 Å². The Morgan fingerprint density at radius 2 is 1.55 bits per heavy atom. The first-order chi connectivity index (χ1) is 18.1. The molecule has 7 nitrogen and oxygen atoms in total. The molecule has 2 atom stereocenters. The zero-order valence-corrected chi connectivity index (χ0v) is 23.5. The summed E-state index contributed by atoms with van der Waals surface area (Å²) in [6.45, 7) is 5.27. The molecule has 9 heteroatoms. The van der Waals surface area contributed by atoms with Crippen LogP contribution in [0.5, 0.6) is 0 Å². The molecule has 3 rings (SSSR count). The van der Waals surface area contributed by atoms with Crippen LogP contribution >= 0.6 is 11.6 Å². The van der Waals surface area contributed by atoms with Gasteiger partial charge in [0.1, 0.15) is 12.6 Å². The molecule has 1 N–H and O–H groups in total. The molecule has 0 aliphatic rings. The second kappa shape index (κ2) is 13.4. The molecule has 0 radical (unpaired) electrons. The fourth-order valence-corrected chi connectivity index (χ4v) is 5.53. The number of hydrogen-bond donors (Lipinski definition) is 1. The maximum atomic E-state index is 13.8. The van der Waals surface area contributed by atoms with Crippen LogP contribution in [0, 0.1) is 0 Å². The predicted molar refractivity (Wildman–Crippen MR) is 152 cm³/mol. The van der Waals surface area contributed by atoms with Gasteiger partial charge in [0.05, 0.1) is 10.6 Å². The van der Waals surface area contributed by atoms with Gasteiger partial charge in [-0.05, 0) is 62.6 Å². The minimum absolute atomic E-state index is 0.0474. The molecular weight excluding hydrogens is 522 g/mol. The highest BCUT2D eigenvalue weighted by Gasteiger charge is 2.32. The summed E-state index contributed by atoms with van der Waals surface area (Å²) in [5.41, 5.74) is 1.26. The van der Waals surface area contributed by atoms with Crippen molar-refractivity contribution in [1.29, 1.82) is 0 Å². The number of carbonyl (C=O) groups is 2. The van der Waals surface area contributed by atoms with Crippen LogP contribution in [0.15, 0.2) is 89.8 Å². The van der Waals surface area contributed by atoms with E-state index in [1.54, 1.807) is 43.3 Å². The van der Waals surface area contributed by atoms with Gasteiger partial charge >= 0.3 is 0 Å². The lowest BCUT2D eigenvalue weighted by Gasteiger charge is -2.32. The van der Waals surface area contributed by atoms with Gasteiger partial charge in [-0.2, -0.15) is 0 Å². The molecule has 0 fully saturated rings. The fraction of sp³-hybridized carbons (Fsp3) is 0.310. The topological polar surface area (TPSA) is 86.8 Å². The molecule has 3 aromatic carbocycles. The van der Waals surface area contributed by atoms with E-state index < -0.39 is 28.5 Å². The monoisotopic (exact) mass is 555 g/mol. The number of halogens is 1. The van der Waals surface area contributed by atoms with Gasteiger partial charge in [-0.1, -0.05) is 73.1 Å². The third-order valence-corrected chi connectivity index (χ3v) is 8.38. The van der Waals surface area contributed by atoms with Crippen LogP contribution in [0.2, 0.25) is 5.02 Å². The molecule has 38 heavy (non-hydrogen) atoms. The summed E-state index contributed by atoms with van der Waals surface area (Å²) >= 11 is 6.19. The van der Waals surface area contributed by atoms with Crippen molar-refractivity contribution in [2.45, 2.75) is 50.6 Å². The molecule has 3 aromatic rings. The van der Waals surface area contributed by atoms with Gasteiger partial charge in [0.25, 0.3) is 10.0 Å². The first kappa shape index (κ1) is 29.2. The molecule has 0 aromatic heterocycles. The maximum Gasteiger partial charge on any atom is 0.264 e. The maximum absolute atomic E-state index is 13.8. The number of nitrogens with zero attached hydrogens (tertiary/aromatic N) is 2. The molecular formula is C29H34ClN3O4S. The van der Waals surface area contributed by atoms with Crippen molar-refractivity contribution in [2.75, 3.05) is 17.4 Å². The van der Waals surface area contributed by atoms with Crippen LogP contribution in [-0.4, -0.2) is 50.3 Å². The molecule has 0 saturated carbocycles. The van der Waals surface area contributed by atoms with E-state index in [0.29, 0.717) is 11.4 Å². The average Bonchev–Trinajstić information content (AvgIpc) is 2.92. The SMILES string of the molecule is CC[C@H](C)NC(=O)[C@@H](C)N(CCc1ccccc1)C(=O)CN(c1cccc(Cl)c1)S(=O)(=O)c1ccccc1. The summed E-state index contributed by atoms with van der Waals surface area (Å²) in [7, 11) is -4.11. The van der Waals surface area contributed by atoms with Gasteiger partial charge in [-0.25, -0.2) is 8.42 Å². The van der Waals surface area contributed by atoms with E-state index in [4.69, 9.17) is 11.6 Å². The van der Waals surface area contributed by atoms with Gasteiger partial charge in [-0.15, -0.1) is 0 Å². The minimum atomic E-state index is -4.11. The first-order valence-corrected chi connectivity index (χ1v) is 14.4. The van der Waals surface area contributed by atoms with E-state index in [0.717, 1.165) is 16.3 Å². The van der Waals surface area contributed by atoms with Crippen molar-refractivity contribution in [2.24, 2.45) is 0 Å². The number of sulfonamides is 1. The van der Waals surface area contributed by atoms with Crippen molar-refractivity contribution in [3.63, 3.8) is 0 Å². The smallest absolute Gasteiger partial charge is 0.264 e. The van der Waals surface area contributed by atoms with Crippen molar-refractivity contribution in [3.05, 3.63) is 95.5 Å². The number of amides is 2. The summed E-state index contributed by atoms with van der Waals surface area (Å²) in [5, 5.41) is 3.27. The van der Waals surface area contributed by atoms with E-state index in [9.17, 15) is 18.0 Å². The van der Waals surface area contributed by atoms with Gasteiger partial charge in [0.2, 0.25) is 11.8 Å². The average molecular weight is 556 g/mol. The lowest BCUT2D eigenvalue weighted by atomic mass is 10.1. The molecule has 2 amide bonds. The summed E-state index contributed by atoms with van der Waals surface area (Å²) in [6, 6.07) is 23.0. The molecule has 0 aliphatic heterocycles. The van der Waals surface area contributed by atoms with Crippen molar-refractivity contribution < 1.29 is 18.0 Å². The Morgan fingerprint density at radius 1 is 0.921 bits per heavy atom. The summed E-state index contributed by atoms with van der Waals surface area (Å²) < 4.78 is 28.5. The third-order valence-electron chi connectivity index (χ3n) is 6.36. The highest BCUT2D eigenvalue weighted by molar-refractivity contribution is 7.92. The molecule has 0 saturated heterocycles. The van der Waals surface area contributed by atoms with E-state index in [1.165, 1.54) is 23.1 Å². The van der Waals surface area contributed by atoms with Gasteiger partial charge in [0.15, 0.2) is 0 Å². The van der Waals surface area contributed by atoms with E-state index >= 15 is 0 Å². The van der Waals surface area contributed by atoms with E-state index in [2.05, 4.69) is 5.32 Å². The van der Waals surface area contributed by atoms with Crippen molar-refractivity contribution in [1.82, 2.24) is 10.2 Å². The van der Waals surface area contributed by atoms with Crippen LogP contribution in [0.25, 0.3) is 0 Å². The van der Waals surface area contributed by atoms with Gasteiger partial charge < -0.3 is 10.2 Å². The summed E-state index contributed by atoms with van der Waals surface area (Å²) in [6.07, 6.45) is 1.25. The number of carbonyl (C=O) groups excluding carboxylic acids is 2. The number of nitrogens with one attached hydrogen (secondary N) is 1. The highest BCUT2D eigenvalue weighted by Crippen LogP contribution is 2.26. The standard InChI is InChI=1S/C29H34ClN3O4S/c1-4-22(2)31-29(35)23(3)32(19-18-24-12-7-5-8-13-24)28(34)21-33(26-15-11-14-25(30)20-26)38(36,37)27-16-9-6-10-17-27/h5-17,20,22-23H,4,18-19,21H2,1-3H3,(H,31,35)/t22-,23+/m0/s1. The number of hydrogen-bond acceptors (Lipinski definition) is 4. The summed E-state index contributed by atoms with van der Waals surface area (Å²) in [5.74, 6) is -0.784. The summed E-state index contributed by atoms with van der Waals surface area (Å²) in [4.78, 5) is 28.3. The Kier molecular flexibility index (Phi) is 10.3. The van der Waals surface area contributed by atoms with Crippen molar-refractivity contribution in [3.8, 4) is 0 Å². The minimum Gasteiger partial charge on any atom is -0.352 e. The molecule has 202 valence electrons. The second-order valence-corrected chi connectivity index (χ2v) is 11.4. The Morgan fingerprint density at radius 3 is 2.16 bits per heavy atom. The Labute approximate surface area is 230 Å². The lowest BCUT2D eigenvalue weighted by Crippen LogP contribution is -2.53. The lowest BCUT2D eigenvalue weighted by molar-refractivity contribution is -0.139. The van der Waals surface area contributed by atoms with Crippen LogP contribution < -0.4 is 9.62 Å². The Hall–Kier alpha value is -3.36. The highest BCUT2D eigenvalue weighted by atomic mass is 35.5. The van der Waals surface area contributed by atoms with Crippen LogP contribution in [0.3, 0.4) is 0 Å². The largest absolute Gasteiger partial charge is 0.352 e. The zero-order chi connectivity index (χ0) is 27.7. The number of rotatable bonds is 12. The quantitative estimate of drug-likeness (QED) is 0.344. The van der Waals surface area contributed by atoms with Crippen LogP contribution in [0.1, 0.15) is 32.8 Å². The van der Waals surface area contributed by atoms with Crippen LogP contribution in [-0.2, 0) is 26.0 Å². The molecule has 0 bridgehead atoms. The van der Waals surface area contributed by atoms with Gasteiger partial charge in [0, 0.05) is 17.6 Å². The van der Waals surface area contributed by atoms with E-state index in [1.807, 2.05) is 44.2 Å². The van der Waals surface area contributed by atoms with Crippen molar-refractivity contribution >= 4 is 39.1 Å². The number of benzene rings is 3. The first-order valence-electron chi connectivity index (χ1n) is 12.6. The molecule has 0 unspecified atom stereocenters. The number of anilines is 1.